The summed E-state index contributed by atoms with van der Waals surface area (Å²) in [4.78, 5) is 12.6. The van der Waals surface area contributed by atoms with Crippen molar-refractivity contribution in [1.82, 2.24) is 4.31 Å². The Balaban J connectivity index is 2.13. The Hall–Kier alpha value is -2.18. The molecule has 0 saturated carbocycles. The van der Waals surface area contributed by atoms with E-state index in [4.69, 9.17) is 0 Å². The van der Waals surface area contributed by atoms with E-state index in [1.54, 1.807) is 12.1 Å². The van der Waals surface area contributed by atoms with E-state index in [0.29, 0.717) is 5.92 Å². The van der Waals surface area contributed by atoms with Crippen molar-refractivity contribution >= 4 is 21.6 Å². The summed E-state index contributed by atoms with van der Waals surface area (Å²) in [5.41, 5.74) is 4.83. The molecule has 5 nitrogen and oxygen atoms in total. The minimum Gasteiger partial charge on any atom is -0.324 e. The summed E-state index contributed by atoms with van der Waals surface area (Å²) in [5, 5.41) is 2.84. The Kier molecular flexibility index (Phi) is 6.44. The number of nitrogens with zero attached hydrogens (tertiary/aromatic N) is 1. The first-order valence-corrected chi connectivity index (χ1v) is 10.4. The zero-order valence-corrected chi connectivity index (χ0v) is 17.6. The molecule has 0 saturated heterocycles. The van der Waals surface area contributed by atoms with Gasteiger partial charge in [0.1, 0.15) is 0 Å². The fraction of sp³-hybridized carbons (Fsp3) is 0.381. The maximum Gasteiger partial charge on any atom is 0.243 e. The van der Waals surface area contributed by atoms with Gasteiger partial charge in [0.2, 0.25) is 15.9 Å². The molecular formula is C21H28N2O3S. The van der Waals surface area contributed by atoms with E-state index in [0.717, 1.165) is 32.2 Å². The van der Waals surface area contributed by atoms with Crippen LogP contribution in [0.15, 0.2) is 41.3 Å². The number of rotatable bonds is 6. The van der Waals surface area contributed by atoms with Gasteiger partial charge in [0.15, 0.2) is 0 Å². The Labute approximate surface area is 162 Å². The van der Waals surface area contributed by atoms with Gasteiger partial charge >= 0.3 is 0 Å². The smallest absolute Gasteiger partial charge is 0.243 e. The molecule has 2 aromatic carbocycles. The van der Waals surface area contributed by atoms with E-state index >= 15 is 0 Å². The molecule has 2 rings (SSSR count). The summed E-state index contributed by atoms with van der Waals surface area (Å²) >= 11 is 0. The van der Waals surface area contributed by atoms with Crippen LogP contribution >= 0.6 is 0 Å². The summed E-state index contributed by atoms with van der Waals surface area (Å²) in [6, 6.07) is 10.8. The van der Waals surface area contributed by atoms with Crippen LogP contribution < -0.4 is 5.32 Å². The van der Waals surface area contributed by atoms with Crippen molar-refractivity contribution in [3.05, 3.63) is 58.7 Å². The third kappa shape index (κ3) is 4.96. The maximum absolute atomic E-state index is 12.7. The molecular weight excluding hydrogens is 360 g/mol. The van der Waals surface area contributed by atoms with Gasteiger partial charge in [-0.1, -0.05) is 43.7 Å². The molecule has 2 aromatic rings. The highest BCUT2D eigenvalue weighted by atomic mass is 32.2. The lowest BCUT2D eigenvalue weighted by molar-refractivity contribution is -0.116. The third-order valence-corrected chi connectivity index (χ3v) is 6.38. The first-order chi connectivity index (χ1) is 12.5. The Morgan fingerprint density at radius 1 is 1.04 bits per heavy atom. The molecule has 27 heavy (non-hydrogen) atoms. The van der Waals surface area contributed by atoms with E-state index in [2.05, 4.69) is 19.2 Å². The van der Waals surface area contributed by atoms with Gasteiger partial charge in [-0.15, -0.1) is 0 Å². The summed E-state index contributed by atoms with van der Waals surface area (Å²) in [7, 11) is -2.31. The molecule has 0 atom stereocenters. The van der Waals surface area contributed by atoms with Gasteiger partial charge < -0.3 is 5.32 Å². The highest BCUT2D eigenvalue weighted by molar-refractivity contribution is 7.89. The molecule has 0 aliphatic rings. The monoisotopic (exact) mass is 388 g/mol. The predicted octanol–water partition coefficient (Wildman–Crippen LogP) is 3.99. The van der Waals surface area contributed by atoms with Crippen molar-refractivity contribution in [2.75, 3.05) is 18.9 Å². The molecule has 146 valence electrons. The topological polar surface area (TPSA) is 66.5 Å². The van der Waals surface area contributed by atoms with Gasteiger partial charge in [0.05, 0.1) is 11.4 Å². The average molecular weight is 389 g/mol. The number of aryl methyl sites for hydroxylation is 3. The highest BCUT2D eigenvalue weighted by Crippen LogP contribution is 2.23. The van der Waals surface area contributed by atoms with E-state index < -0.39 is 10.0 Å². The molecule has 0 unspecified atom stereocenters. The number of carbonyl (C=O) groups is 1. The minimum absolute atomic E-state index is 0.185. The lowest BCUT2D eigenvalue weighted by Crippen LogP contribution is -2.35. The fourth-order valence-corrected chi connectivity index (χ4v) is 4.18. The molecule has 0 heterocycles. The van der Waals surface area contributed by atoms with Crippen LogP contribution in [-0.4, -0.2) is 32.2 Å². The predicted molar refractivity (Wildman–Crippen MR) is 110 cm³/mol. The molecule has 1 amide bonds. The van der Waals surface area contributed by atoms with E-state index in [-0.39, 0.29) is 17.3 Å². The second-order valence-electron chi connectivity index (χ2n) is 7.31. The van der Waals surface area contributed by atoms with Crippen molar-refractivity contribution in [3.8, 4) is 0 Å². The first-order valence-electron chi connectivity index (χ1n) is 8.96. The molecule has 6 heteroatoms. The highest BCUT2D eigenvalue weighted by Gasteiger charge is 2.23. The molecule has 0 radical (unpaired) electrons. The number of nitrogens with one attached hydrogen (secondary N) is 1. The van der Waals surface area contributed by atoms with Crippen LogP contribution in [0.5, 0.6) is 0 Å². The number of hydrogen-bond donors (Lipinski definition) is 1. The van der Waals surface area contributed by atoms with Crippen molar-refractivity contribution < 1.29 is 13.2 Å². The van der Waals surface area contributed by atoms with Gasteiger partial charge in [-0.3, -0.25) is 4.79 Å². The van der Waals surface area contributed by atoms with Gasteiger partial charge in [-0.25, -0.2) is 8.42 Å². The van der Waals surface area contributed by atoms with Crippen LogP contribution in [0, 0.1) is 20.8 Å². The molecule has 0 aliphatic carbocycles. The van der Waals surface area contributed by atoms with E-state index in [9.17, 15) is 13.2 Å². The van der Waals surface area contributed by atoms with Crippen molar-refractivity contribution in [2.24, 2.45) is 0 Å². The quantitative estimate of drug-likeness (QED) is 0.813. The van der Waals surface area contributed by atoms with Crippen LogP contribution in [0.2, 0.25) is 0 Å². The van der Waals surface area contributed by atoms with Crippen molar-refractivity contribution in [1.29, 1.82) is 0 Å². The fourth-order valence-electron chi connectivity index (χ4n) is 3.05. The second-order valence-corrected chi connectivity index (χ2v) is 9.35. The average Bonchev–Trinajstić information content (AvgIpc) is 2.58. The van der Waals surface area contributed by atoms with Crippen molar-refractivity contribution in [3.63, 3.8) is 0 Å². The molecule has 0 spiro atoms. The molecule has 0 fully saturated rings. The standard InChI is InChI=1S/C21H28N2O3S/c1-14(2)18-7-9-19(10-8-18)27(25,26)23(6)13-20(24)22-21-16(4)11-15(3)12-17(21)5/h7-12,14H,13H2,1-6H3,(H,22,24). The van der Waals surface area contributed by atoms with Crippen LogP contribution in [0.3, 0.4) is 0 Å². The van der Waals surface area contributed by atoms with E-state index in [1.807, 2.05) is 45.0 Å². The lowest BCUT2D eigenvalue weighted by atomic mass is 10.0. The Morgan fingerprint density at radius 2 is 1.56 bits per heavy atom. The second kappa shape index (κ2) is 8.23. The van der Waals surface area contributed by atoms with Crippen LogP contribution in [-0.2, 0) is 14.8 Å². The zero-order valence-electron chi connectivity index (χ0n) is 16.8. The maximum atomic E-state index is 12.7. The SMILES string of the molecule is Cc1cc(C)c(NC(=O)CN(C)S(=O)(=O)c2ccc(C(C)C)cc2)c(C)c1. The first kappa shape index (κ1) is 21.1. The van der Waals surface area contributed by atoms with Crippen LogP contribution in [0.1, 0.15) is 42.0 Å². The Bertz CT molecular complexity index is 909. The number of amides is 1. The largest absolute Gasteiger partial charge is 0.324 e. The van der Waals surface area contributed by atoms with E-state index in [1.165, 1.54) is 7.05 Å². The summed E-state index contributed by atoms with van der Waals surface area (Å²) in [6.07, 6.45) is 0. The number of likely N-dealkylation sites (N-methyl/N-ethyl adjacent to an activating group) is 1. The third-order valence-electron chi connectivity index (χ3n) is 4.56. The summed E-state index contributed by atoms with van der Waals surface area (Å²) in [6.45, 7) is 9.69. The zero-order chi connectivity index (χ0) is 20.4. The number of sulfonamides is 1. The van der Waals surface area contributed by atoms with Gasteiger partial charge in [-0.05, 0) is 55.5 Å². The lowest BCUT2D eigenvalue weighted by Gasteiger charge is -2.19. The molecule has 0 bridgehead atoms. The number of carbonyl (C=O) groups excluding carboxylic acids is 1. The van der Waals surface area contributed by atoms with Crippen molar-refractivity contribution in [2.45, 2.75) is 45.4 Å². The molecule has 0 aromatic heterocycles. The van der Waals surface area contributed by atoms with Gasteiger partial charge in [0, 0.05) is 12.7 Å². The van der Waals surface area contributed by atoms with Crippen LogP contribution in [0.25, 0.3) is 0 Å². The normalized spacial score (nSPS) is 11.9. The number of anilines is 1. The van der Waals surface area contributed by atoms with Gasteiger partial charge in [-0.2, -0.15) is 4.31 Å². The number of benzene rings is 2. The summed E-state index contributed by atoms with van der Waals surface area (Å²) < 4.78 is 26.5. The van der Waals surface area contributed by atoms with Gasteiger partial charge in [0.25, 0.3) is 0 Å². The molecule has 1 N–H and O–H groups in total. The summed E-state index contributed by atoms with van der Waals surface area (Å²) in [5.74, 6) is -0.0406. The minimum atomic E-state index is -3.72. The molecule has 0 aliphatic heterocycles. The Morgan fingerprint density at radius 3 is 2.04 bits per heavy atom. The number of hydrogen-bond acceptors (Lipinski definition) is 3. The van der Waals surface area contributed by atoms with Crippen LogP contribution in [0.4, 0.5) is 5.69 Å².